The third kappa shape index (κ3) is 4.77. The second kappa shape index (κ2) is 6.77. The Bertz CT molecular complexity index is 673. The Balaban J connectivity index is 2.08. The van der Waals surface area contributed by atoms with Crippen molar-refractivity contribution in [1.82, 2.24) is 9.97 Å². The molecule has 1 N–H and O–H groups in total. The van der Waals surface area contributed by atoms with E-state index in [4.69, 9.17) is 4.74 Å². The third-order valence-electron chi connectivity index (χ3n) is 3.17. The number of benzene rings is 1. The van der Waals surface area contributed by atoms with Crippen LogP contribution in [-0.2, 0) is 10.2 Å². The number of nitrogens with zero attached hydrogens (tertiary/aromatic N) is 2. The largest absolute Gasteiger partial charge is 0.439 e. The molecule has 1 amide bonds. The Morgan fingerprint density at radius 1 is 1.13 bits per heavy atom. The molecule has 0 spiro atoms. The zero-order valence-electron chi connectivity index (χ0n) is 14.3. The fourth-order valence-corrected chi connectivity index (χ4v) is 1.77. The van der Waals surface area contributed by atoms with Crippen molar-refractivity contribution in [2.24, 2.45) is 5.92 Å². The Morgan fingerprint density at radius 3 is 2.35 bits per heavy atom. The lowest BCUT2D eigenvalue weighted by Gasteiger charge is -2.16. The summed E-state index contributed by atoms with van der Waals surface area (Å²) in [5.74, 6) is 1.83. The second-order valence-electron chi connectivity index (χ2n) is 6.74. The number of anilines is 1. The van der Waals surface area contributed by atoms with Gasteiger partial charge in [-0.25, -0.2) is 4.98 Å². The van der Waals surface area contributed by atoms with E-state index in [0.717, 1.165) is 11.5 Å². The highest BCUT2D eigenvalue weighted by Gasteiger charge is 2.17. The van der Waals surface area contributed by atoms with Crippen LogP contribution in [0, 0.1) is 5.92 Å². The molecule has 0 aliphatic heterocycles. The first-order chi connectivity index (χ1) is 10.8. The van der Waals surface area contributed by atoms with Crippen molar-refractivity contribution < 1.29 is 9.53 Å². The first kappa shape index (κ1) is 16.9. The van der Waals surface area contributed by atoms with Crippen LogP contribution in [0.25, 0.3) is 0 Å². The number of carbonyl (C=O) groups is 1. The Morgan fingerprint density at radius 2 is 1.78 bits per heavy atom. The van der Waals surface area contributed by atoms with Crippen LogP contribution in [0.1, 0.15) is 40.4 Å². The maximum Gasteiger partial charge on any atom is 0.226 e. The smallest absolute Gasteiger partial charge is 0.226 e. The molecule has 0 aliphatic rings. The van der Waals surface area contributed by atoms with Gasteiger partial charge in [-0.15, -0.1) is 0 Å². The molecule has 23 heavy (non-hydrogen) atoms. The van der Waals surface area contributed by atoms with Crippen molar-refractivity contribution >= 4 is 11.6 Å². The molecule has 0 fully saturated rings. The molecule has 5 heteroatoms. The maximum absolute atomic E-state index is 11.7. The van der Waals surface area contributed by atoms with E-state index in [2.05, 4.69) is 36.1 Å². The summed E-state index contributed by atoms with van der Waals surface area (Å²) in [5.41, 5.74) is 0.610. The maximum atomic E-state index is 11.7. The number of hydrogen-bond donors (Lipinski definition) is 1. The molecular weight excluding hydrogens is 290 g/mol. The molecule has 0 aliphatic carbocycles. The van der Waals surface area contributed by atoms with Gasteiger partial charge in [0.2, 0.25) is 11.8 Å². The topological polar surface area (TPSA) is 64.1 Å². The van der Waals surface area contributed by atoms with E-state index in [1.807, 2.05) is 26.0 Å². The molecule has 0 atom stereocenters. The van der Waals surface area contributed by atoms with Gasteiger partial charge in [-0.05, 0) is 24.3 Å². The molecule has 0 saturated heterocycles. The summed E-state index contributed by atoms with van der Waals surface area (Å²) in [5, 5.41) is 2.84. The third-order valence-corrected chi connectivity index (χ3v) is 3.17. The first-order valence-corrected chi connectivity index (χ1v) is 7.68. The van der Waals surface area contributed by atoms with Crippen molar-refractivity contribution in [3.8, 4) is 11.6 Å². The van der Waals surface area contributed by atoms with E-state index < -0.39 is 0 Å². The van der Waals surface area contributed by atoms with E-state index in [9.17, 15) is 4.79 Å². The molecule has 0 bridgehead atoms. The molecule has 0 unspecified atom stereocenters. The van der Waals surface area contributed by atoms with Gasteiger partial charge >= 0.3 is 0 Å². The van der Waals surface area contributed by atoms with E-state index in [0.29, 0.717) is 11.6 Å². The van der Waals surface area contributed by atoms with Gasteiger partial charge < -0.3 is 10.1 Å². The number of hydrogen-bond acceptors (Lipinski definition) is 4. The van der Waals surface area contributed by atoms with Gasteiger partial charge in [0.15, 0.2) is 0 Å². The summed E-state index contributed by atoms with van der Waals surface area (Å²) >= 11 is 0. The lowest BCUT2D eigenvalue weighted by atomic mass is 9.96. The molecule has 1 aromatic carbocycles. The van der Waals surface area contributed by atoms with Crippen molar-refractivity contribution in [1.29, 1.82) is 0 Å². The summed E-state index contributed by atoms with van der Waals surface area (Å²) in [6.07, 6.45) is 1.69. The van der Waals surface area contributed by atoms with E-state index >= 15 is 0 Å². The SMILES string of the molecule is CC(C)C(=O)Nc1ccc(Oc2ccnc(C(C)(C)C)n2)cc1. The molecule has 1 aromatic heterocycles. The van der Waals surface area contributed by atoms with Crippen molar-refractivity contribution in [2.75, 3.05) is 5.32 Å². The summed E-state index contributed by atoms with van der Waals surface area (Å²) in [6.45, 7) is 9.87. The molecule has 1 heterocycles. The monoisotopic (exact) mass is 313 g/mol. The molecule has 0 radical (unpaired) electrons. The molecular formula is C18H23N3O2. The molecule has 2 rings (SSSR count). The lowest BCUT2D eigenvalue weighted by Crippen LogP contribution is -2.17. The fraction of sp³-hybridized carbons (Fsp3) is 0.389. The number of aromatic nitrogens is 2. The molecule has 0 saturated carbocycles. The minimum absolute atomic E-state index is 0.00992. The number of carbonyl (C=O) groups excluding carboxylic acids is 1. The summed E-state index contributed by atoms with van der Waals surface area (Å²) in [4.78, 5) is 20.4. The fourth-order valence-electron chi connectivity index (χ4n) is 1.77. The molecule has 2 aromatic rings. The van der Waals surface area contributed by atoms with Crippen LogP contribution in [0.3, 0.4) is 0 Å². The standard InChI is InChI=1S/C18H23N3O2/c1-12(2)16(22)20-13-6-8-14(9-7-13)23-15-10-11-19-17(21-15)18(3,4)5/h6-12H,1-5H3,(H,20,22). The Hall–Kier alpha value is -2.43. The number of rotatable bonds is 4. The number of amides is 1. The van der Waals surface area contributed by atoms with Crippen molar-refractivity contribution in [3.63, 3.8) is 0 Å². The van der Waals surface area contributed by atoms with Crippen LogP contribution >= 0.6 is 0 Å². The summed E-state index contributed by atoms with van der Waals surface area (Å²) in [6, 6.07) is 8.94. The zero-order chi connectivity index (χ0) is 17.0. The summed E-state index contributed by atoms with van der Waals surface area (Å²) in [7, 11) is 0. The summed E-state index contributed by atoms with van der Waals surface area (Å²) < 4.78 is 5.76. The van der Waals surface area contributed by atoms with Gasteiger partial charge in [0, 0.05) is 29.3 Å². The van der Waals surface area contributed by atoms with Crippen molar-refractivity contribution in [2.45, 2.75) is 40.0 Å². The molecule has 5 nitrogen and oxygen atoms in total. The van der Waals surface area contributed by atoms with Gasteiger partial charge in [-0.3, -0.25) is 4.79 Å². The van der Waals surface area contributed by atoms with Crippen molar-refractivity contribution in [3.05, 3.63) is 42.4 Å². The zero-order valence-corrected chi connectivity index (χ0v) is 14.3. The van der Waals surface area contributed by atoms with E-state index in [-0.39, 0.29) is 17.2 Å². The minimum Gasteiger partial charge on any atom is -0.439 e. The van der Waals surface area contributed by atoms with Crippen LogP contribution in [0.2, 0.25) is 0 Å². The highest BCUT2D eigenvalue weighted by Crippen LogP contribution is 2.24. The Kier molecular flexibility index (Phi) is 4.98. The van der Waals surface area contributed by atoms with E-state index in [1.165, 1.54) is 0 Å². The second-order valence-corrected chi connectivity index (χ2v) is 6.74. The van der Waals surface area contributed by atoms with Crippen LogP contribution in [0.4, 0.5) is 5.69 Å². The number of ether oxygens (including phenoxy) is 1. The minimum atomic E-state index is -0.135. The van der Waals surface area contributed by atoms with Crippen LogP contribution < -0.4 is 10.1 Å². The van der Waals surface area contributed by atoms with Crippen LogP contribution in [0.15, 0.2) is 36.5 Å². The van der Waals surface area contributed by atoms with Gasteiger partial charge in [0.25, 0.3) is 0 Å². The van der Waals surface area contributed by atoms with E-state index in [1.54, 1.807) is 24.4 Å². The van der Waals surface area contributed by atoms with Crippen LogP contribution in [0.5, 0.6) is 11.6 Å². The van der Waals surface area contributed by atoms with Gasteiger partial charge in [-0.2, -0.15) is 4.98 Å². The predicted molar refractivity (Wildman–Crippen MR) is 90.7 cm³/mol. The Labute approximate surface area is 137 Å². The van der Waals surface area contributed by atoms with Gasteiger partial charge in [0.05, 0.1) is 0 Å². The van der Waals surface area contributed by atoms with Gasteiger partial charge in [-0.1, -0.05) is 34.6 Å². The highest BCUT2D eigenvalue weighted by atomic mass is 16.5. The van der Waals surface area contributed by atoms with Crippen LogP contribution in [-0.4, -0.2) is 15.9 Å². The van der Waals surface area contributed by atoms with Gasteiger partial charge in [0.1, 0.15) is 11.6 Å². The quantitative estimate of drug-likeness (QED) is 0.920. The average molecular weight is 313 g/mol. The lowest BCUT2D eigenvalue weighted by molar-refractivity contribution is -0.118. The average Bonchev–Trinajstić information content (AvgIpc) is 2.48. The first-order valence-electron chi connectivity index (χ1n) is 7.68. The highest BCUT2D eigenvalue weighted by molar-refractivity contribution is 5.92. The predicted octanol–water partition coefficient (Wildman–Crippen LogP) is 4.16. The molecule has 122 valence electrons. The normalized spacial score (nSPS) is 11.4. The number of nitrogens with one attached hydrogen (secondary N) is 1.